The van der Waals surface area contributed by atoms with Gasteiger partial charge in [-0.15, -0.1) is 6.58 Å². The number of allylic oxidation sites excluding steroid dienone is 4. The smallest absolute Gasteiger partial charge is 0.336 e. The molecule has 0 aromatic heterocycles. The van der Waals surface area contributed by atoms with Crippen LogP contribution in [0.1, 0.15) is 27.7 Å². The van der Waals surface area contributed by atoms with E-state index in [0.717, 1.165) is 0 Å². The van der Waals surface area contributed by atoms with Gasteiger partial charge in [-0.25, -0.2) is 4.79 Å². The average molecular weight is 314 g/mol. The number of carbonyl (C=O) groups excluding carboxylic acids is 2. The minimum absolute atomic E-state index is 0.0446. The van der Waals surface area contributed by atoms with Crippen LogP contribution in [0.25, 0.3) is 0 Å². The van der Waals surface area contributed by atoms with Crippen molar-refractivity contribution in [2.45, 2.75) is 45.5 Å². The topological polar surface area (TPSA) is 52.6 Å². The van der Waals surface area contributed by atoms with E-state index in [9.17, 15) is 9.59 Å². The lowest BCUT2D eigenvalue weighted by atomic mass is 9.62. The Morgan fingerprint density at radius 3 is 2.57 bits per heavy atom. The molecule has 0 spiro atoms. The maximum absolute atomic E-state index is 12.8. The third-order valence-electron chi connectivity index (χ3n) is 7.02. The molecule has 2 aliphatic heterocycles. The lowest BCUT2D eigenvalue weighted by Crippen LogP contribution is -2.51. The first kappa shape index (κ1) is 14.9. The van der Waals surface area contributed by atoms with E-state index in [-0.39, 0.29) is 41.2 Å². The Balaban J connectivity index is 1.95. The highest BCUT2D eigenvalue weighted by atomic mass is 16.6. The normalized spacial score (nSPS) is 55.0. The van der Waals surface area contributed by atoms with Gasteiger partial charge in [-0.05, 0) is 26.8 Å². The van der Waals surface area contributed by atoms with Gasteiger partial charge in [-0.2, -0.15) is 0 Å². The van der Waals surface area contributed by atoms with E-state index < -0.39 is 11.0 Å². The van der Waals surface area contributed by atoms with Gasteiger partial charge < -0.3 is 9.47 Å². The van der Waals surface area contributed by atoms with E-state index in [4.69, 9.17) is 9.47 Å². The van der Waals surface area contributed by atoms with Crippen LogP contribution in [0.3, 0.4) is 0 Å². The Morgan fingerprint density at radius 1 is 1.26 bits per heavy atom. The molecule has 1 saturated carbocycles. The number of hydrogen-bond acceptors (Lipinski definition) is 4. The molecule has 2 heterocycles. The van der Waals surface area contributed by atoms with Crippen LogP contribution in [0.15, 0.2) is 36.5 Å². The van der Waals surface area contributed by atoms with Crippen LogP contribution < -0.4 is 0 Å². The lowest BCUT2D eigenvalue weighted by molar-refractivity contribution is -0.147. The SMILES string of the molecule is C=C[C@@H]1[C@]2(C)C=CC(=O)[C@@]1(C)[C@]1(C)O[C@@H]3/C(=C\C)C(=O)O[C@@H]3[C@H]21. The van der Waals surface area contributed by atoms with Crippen molar-refractivity contribution in [2.24, 2.45) is 22.7 Å². The van der Waals surface area contributed by atoms with Crippen molar-refractivity contribution in [1.82, 2.24) is 0 Å². The Labute approximate surface area is 136 Å². The zero-order valence-corrected chi connectivity index (χ0v) is 14.0. The van der Waals surface area contributed by atoms with Gasteiger partial charge in [-0.1, -0.05) is 25.2 Å². The van der Waals surface area contributed by atoms with Crippen molar-refractivity contribution in [3.63, 3.8) is 0 Å². The number of esters is 1. The van der Waals surface area contributed by atoms with Crippen LogP contribution in [0.5, 0.6) is 0 Å². The summed E-state index contributed by atoms with van der Waals surface area (Å²) in [6, 6.07) is 0. The van der Waals surface area contributed by atoms with Crippen LogP contribution >= 0.6 is 0 Å². The first-order chi connectivity index (χ1) is 10.8. The predicted molar refractivity (Wildman–Crippen MR) is 84.5 cm³/mol. The van der Waals surface area contributed by atoms with Crippen LogP contribution in [0, 0.1) is 22.7 Å². The highest BCUT2D eigenvalue weighted by Crippen LogP contribution is 2.72. The average Bonchev–Trinajstić information content (AvgIpc) is 2.97. The molecule has 0 radical (unpaired) electrons. The summed E-state index contributed by atoms with van der Waals surface area (Å²) in [6.45, 7) is 11.9. The maximum atomic E-state index is 12.8. The van der Waals surface area contributed by atoms with Crippen molar-refractivity contribution >= 4 is 11.8 Å². The molecule has 0 aromatic rings. The molecule has 0 unspecified atom stereocenters. The van der Waals surface area contributed by atoms with Crippen LogP contribution in [0.4, 0.5) is 0 Å². The van der Waals surface area contributed by atoms with Crippen LogP contribution in [-0.2, 0) is 19.1 Å². The fraction of sp³-hybridized carbons (Fsp3) is 0.579. The molecule has 2 saturated heterocycles. The highest BCUT2D eigenvalue weighted by molar-refractivity contribution is 5.99. The molecule has 2 bridgehead atoms. The zero-order valence-electron chi connectivity index (χ0n) is 14.0. The van der Waals surface area contributed by atoms with Gasteiger partial charge in [-0.3, -0.25) is 4.79 Å². The van der Waals surface area contributed by atoms with Crippen LogP contribution in [-0.4, -0.2) is 29.6 Å². The van der Waals surface area contributed by atoms with Gasteiger partial charge in [0.15, 0.2) is 5.78 Å². The first-order valence-corrected chi connectivity index (χ1v) is 8.17. The predicted octanol–water partition coefficient (Wildman–Crippen LogP) is 2.60. The number of fused-ring (bicyclic) bond motifs is 7. The Bertz CT molecular complexity index is 704. The molecular weight excluding hydrogens is 292 g/mol. The van der Waals surface area contributed by atoms with Crippen molar-refractivity contribution in [2.75, 3.05) is 0 Å². The molecule has 7 atom stereocenters. The Morgan fingerprint density at radius 2 is 1.96 bits per heavy atom. The van der Waals surface area contributed by atoms with Gasteiger partial charge in [0.1, 0.15) is 12.2 Å². The van der Waals surface area contributed by atoms with E-state index in [1.807, 2.05) is 32.9 Å². The molecule has 3 fully saturated rings. The summed E-state index contributed by atoms with van der Waals surface area (Å²) in [5.74, 6) is -0.350. The number of ether oxygens (including phenoxy) is 2. The summed E-state index contributed by atoms with van der Waals surface area (Å²) in [5, 5.41) is 0. The summed E-state index contributed by atoms with van der Waals surface area (Å²) in [6.07, 6.45) is 6.56. The zero-order chi connectivity index (χ0) is 16.8. The molecule has 4 rings (SSSR count). The summed E-state index contributed by atoms with van der Waals surface area (Å²) in [5.41, 5.74) is -1.13. The number of ketones is 1. The summed E-state index contributed by atoms with van der Waals surface area (Å²) in [7, 11) is 0. The molecular formula is C19H22O4. The van der Waals surface area contributed by atoms with Gasteiger partial charge in [0, 0.05) is 17.3 Å². The van der Waals surface area contributed by atoms with Crippen molar-refractivity contribution in [3.8, 4) is 0 Å². The Hall–Kier alpha value is -1.68. The van der Waals surface area contributed by atoms with Gasteiger partial charge in [0.05, 0.1) is 16.6 Å². The molecule has 4 aliphatic rings. The van der Waals surface area contributed by atoms with Crippen molar-refractivity contribution in [1.29, 1.82) is 0 Å². The number of carbonyl (C=O) groups is 2. The quantitative estimate of drug-likeness (QED) is 0.424. The molecule has 0 aromatic carbocycles. The molecule has 23 heavy (non-hydrogen) atoms. The van der Waals surface area contributed by atoms with Gasteiger partial charge in [0.25, 0.3) is 0 Å². The summed E-state index contributed by atoms with van der Waals surface area (Å²) >= 11 is 0. The fourth-order valence-electron chi connectivity index (χ4n) is 5.89. The maximum Gasteiger partial charge on any atom is 0.336 e. The van der Waals surface area contributed by atoms with E-state index in [0.29, 0.717) is 5.57 Å². The summed E-state index contributed by atoms with van der Waals surface area (Å²) < 4.78 is 12.1. The van der Waals surface area contributed by atoms with E-state index >= 15 is 0 Å². The molecule has 2 aliphatic carbocycles. The molecule has 4 heteroatoms. The monoisotopic (exact) mass is 314 g/mol. The Kier molecular flexibility index (Phi) is 2.62. The van der Waals surface area contributed by atoms with Gasteiger partial charge >= 0.3 is 5.97 Å². The lowest BCUT2D eigenvalue weighted by Gasteiger charge is -2.43. The van der Waals surface area contributed by atoms with E-state index in [1.165, 1.54) is 0 Å². The molecule has 0 amide bonds. The second-order valence-electron chi connectivity index (χ2n) is 7.72. The minimum atomic E-state index is -0.696. The second kappa shape index (κ2) is 4.04. The first-order valence-electron chi connectivity index (χ1n) is 8.17. The number of hydrogen-bond donors (Lipinski definition) is 0. The largest absolute Gasteiger partial charge is 0.455 e. The van der Waals surface area contributed by atoms with E-state index in [1.54, 1.807) is 12.2 Å². The van der Waals surface area contributed by atoms with Crippen molar-refractivity contribution < 1.29 is 19.1 Å². The molecule has 4 nitrogen and oxygen atoms in total. The second-order valence-corrected chi connectivity index (χ2v) is 7.72. The minimum Gasteiger partial charge on any atom is -0.455 e. The van der Waals surface area contributed by atoms with Crippen LogP contribution in [0.2, 0.25) is 0 Å². The third-order valence-corrected chi connectivity index (χ3v) is 7.02. The molecule has 0 N–H and O–H groups in total. The van der Waals surface area contributed by atoms with E-state index in [2.05, 4.69) is 13.5 Å². The summed E-state index contributed by atoms with van der Waals surface area (Å²) in [4.78, 5) is 25.0. The molecule has 122 valence electrons. The third kappa shape index (κ3) is 1.30. The van der Waals surface area contributed by atoms with Gasteiger partial charge in [0.2, 0.25) is 0 Å². The van der Waals surface area contributed by atoms with Crippen molar-refractivity contribution in [3.05, 3.63) is 36.5 Å². The highest BCUT2D eigenvalue weighted by Gasteiger charge is 2.79. The fourth-order valence-corrected chi connectivity index (χ4v) is 5.89. The number of rotatable bonds is 1. The standard InChI is InChI=1S/C19H22O4/c1-6-10-13-14(22-16(10)21)15-17(3)9-8-12(20)18(4,11(17)7-2)19(15,5)23-13/h6-9,11,13-15H,2H2,1,3-5H3/b10-6+/t11-,13-,14+,15-,17+,18+,19-/m1/s1.